The highest BCUT2D eigenvalue weighted by molar-refractivity contribution is 7.89. The quantitative estimate of drug-likeness (QED) is 0.549. The zero-order chi connectivity index (χ0) is 24.2. The van der Waals surface area contributed by atoms with E-state index in [0.717, 1.165) is 30.0 Å². The van der Waals surface area contributed by atoms with Crippen molar-refractivity contribution in [3.63, 3.8) is 0 Å². The summed E-state index contributed by atoms with van der Waals surface area (Å²) in [5, 5.41) is 2.68. The van der Waals surface area contributed by atoms with Crippen LogP contribution in [0.2, 0.25) is 0 Å². The maximum atomic E-state index is 12.9. The van der Waals surface area contributed by atoms with Gasteiger partial charge in [0.2, 0.25) is 20.0 Å². The molecular weight excluding hydrogens is 466 g/mol. The van der Waals surface area contributed by atoms with Crippen LogP contribution in [0.25, 0.3) is 0 Å². The molecule has 2 N–H and O–H groups in total. The zero-order valence-electron chi connectivity index (χ0n) is 18.9. The van der Waals surface area contributed by atoms with Gasteiger partial charge in [0.05, 0.1) is 12.0 Å². The van der Waals surface area contributed by atoms with Gasteiger partial charge in [0.15, 0.2) is 0 Å². The Morgan fingerprint density at radius 1 is 1.03 bits per heavy atom. The minimum Gasteiger partial charge on any atom is -0.495 e. The second-order valence-electron chi connectivity index (χ2n) is 8.05. The molecule has 1 aliphatic rings. The Hall–Kier alpha value is -2.47. The van der Waals surface area contributed by atoms with E-state index in [1.807, 2.05) is 0 Å². The van der Waals surface area contributed by atoms with Crippen molar-refractivity contribution in [3.8, 4) is 5.75 Å². The first kappa shape index (κ1) is 25.2. The van der Waals surface area contributed by atoms with E-state index in [0.29, 0.717) is 5.56 Å². The number of sulfonamides is 2. The zero-order valence-corrected chi connectivity index (χ0v) is 20.5. The van der Waals surface area contributed by atoms with E-state index in [2.05, 4.69) is 10.0 Å². The summed E-state index contributed by atoms with van der Waals surface area (Å²) in [6.07, 6.45) is 3.49. The van der Waals surface area contributed by atoms with Crippen LogP contribution in [0, 0.1) is 0 Å². The lowest BCUT2D eigenvalue weighted by atomic mass is 10.2. The van der Waals surface area contributed by atoms with Crippen LogP contribution in [0.15, 0.2) is 52.3 Å². The van der Waals surface area contributed by atoms with Gasteiger partial charge in [0, 0.05) is 32.2 Å². The number of carbonyl (C=O) groups is 1. The molecule has 1 aliphatic carbocycles. The molecule has 0 atom stereocenters. The molecule has 1 amide bonds. The van der Waals surface area contributed by atoms with E-state index in [4.69, 9.17) is 4.74 Å². The maximum Gasteiger partial charge on any atom is 0.251 e. The molecular formula is C22H29N3O6S2. The first-order valence-corrected chi connectivity index (χ1v) is 13.5. The van der Waals surface area contributed by atoms with Crippen LogP contribution < -0.4 is 14.8 Å². The molecule has 0 aromatic heterocycles. The van der Waals surface area contributed by atoms with Crippen molar-refractivity contribution in [2.75, 3.05) is 21.2 Å². The Morgan fingerprint density at radius 3 is 2.33 bits per heavy atom. The van der Waals surface area contributed by atoms with E-state index >= 15 is 0 Å². The molecule has 1 fully saturated rings. The maximum absolute atomic E-state index is 12.9. The van der Waals surface area contributed by atoms with Gasteiger partial charge in [-0.1, -0.05) is 31.0 Å². The van der Waals surface area contributed by atoms with Crippen LogP contribution in [0.3, 0.4) is 0 Å². The van der Waals surface area contributed by atoms with Crippen molar-refractivity contribution in [2.45, 2.75) is 48.1 Å². The number of hydrogen-bond donors (Lipinski definition) is 2. The summed E-state index contributed by atoms with van der Waals surface area (Å²) in [5.74, 6) is -0.397. The second-order valence-corrected chi connectivity index (χ2v) is 11.8. The van der Waals surface area contributed by atoms with Gasteiger partial charge in [-0.25, -0.2) is 25.9 Å². The number of benzene rings is 2. The van der Waals surface area contributed by atoms with Gasteiger partial charge in [-0.05, 0) is 42.7 Å². The van der Waals surface area contributed by atoms with Crippen molar-refractivity contribution >= 4 is 26.0 Å². The third kappa shape index (κ3) is 5.72. The highest BCUT2D eigenvalue weighted by Gasteiger charge is 2.27. The molecule has 0 saturated heterocycles. The molecule has 11 heteroatoms. The molecule has 33 heavy (non-hydrogen) atoms. The predicted octanol–water partition coefficient (Wildman–Crippen LogP) is 2.10. The molecule has 1 saturated carbocycles. The van der Waals surface area contributed by atoms with E-state index < -0.39 is 26.0 Å². The smallest absolute Gasteiger partial charge is 0.251 e. The number of carbonyl (C=O) groups excluding carboxylic acids is 1. The number of ether oxygens (including phenoxy) is 1. The standard InChI is InChI=1S/C22H29N3O6S2/c1-25(2)33(29,30)20-11-7-4-8-17(20)15-23-22(26)16-12-13-19(31-3)21(14-16)32(27,28)24-18-9-5-6-10-18/h4,7-8,11-14,18,24H,5-6,9-10,15H2,1-3H3,(H,23,26). The Morgan fingerprint density at radius 2 is 1.70 bits per heavy atom. The predicted molar refractivity (Wildman–Crippen MR) is 124 cm³/mol. The molecule has 180 valence electrons. The van der Waals surface area contributed by atoms with Gasteiger partial charge in [0.25, 0.3) is 5.91 Å². The molecule has 0 spiro atoms. The number of amides is 1. The molecule has 0 aliphatic heterocycles. The average molecular weight is 496 g/mol. The number of nitrogens with zero attached hydrogens (tertiary/aromatic N) is 1. The van der Waals surface area contributed by atoms with Crippen molar-refractivity contribution in [1.29, 1.82) is 0 Å². The number of rotatable bonds is 9. The number of hydrogen-bond acceptors (Lipinski definition) is 6. The van der Waals surface area contributed by atoms with Crippen LogP contribution in [0.4, 0.5) is 0 Å². The highest BCUT2D eigenvalue weighted by atomic mass is 32.2. The topological polar surface area (TPSA) is 122 Å². The van der Waals surface area contributed by atoms with Crippen molar-refractivity contribution in [3.05, 3.63) is 53.6 Å². The van der Waals surface area contributed by atoms with Gasteiger partial charge in [0.1, 0.15) is 10.6 Å². The van der Waals surface area contributed by atoms with Crippen LogP contribution in [-0.4, -0.2) is 54.3 Å². The monoisotopic (exact) mass is 495 g/mol. The first-order chi connectivity index (χ1) is 15.6. The minimum absolute atomic E-state index is 0.0451. The minimum atomic E-state index is -3.89. The summed E-state index contributed by atoms with van der Waals surface area (Å²) in [6.45, 7) is -0.0451. The third-order valence-corrected chi connectivity index (χ3v) is 9.02. The average Bonchev–Trinajstić information content (AvgIpc) is 3.29. The van der Waals surface area contributed by atoms with E-state index in [1.165, 1.54) is 45.5 Å². The third-order valence-electron chi connectivity index (χ3n) is 5.56. The molecule has 0 radical (unpaired) electrons. The molecule has 2 aromatic rings. The SMILES string of the molecule is COc1ccc(C(=O)NCc2ccccc2S(=O)(=O)N(C)C)cc1S(=O)(=O)NC1CCCC1. The number of nitrogens with one attached hydrogen (secondary N) is 2. The van der Waals surface area contributed by atoms with Gasteiger partial charge in [-0.15, -0.1) is 0 Å². The molecule has 2 aromatic carbocycles. The fourth-order valence-electron chi connectivity index (χ4n) is 3.73. The lowest BCUT2D eigenvalue weighted by Crippen LogP contribution is -2.33. The van der Waals surface area contributed by atoms with E-state index in [9.17, 15) is 21.6 Å². The molecule has 0 unspecified atom stereocenters. The van der Waals surface area contributed by atoms with Crippen LogP contribution >= 0.6 is 0 Å². The van der Waals surface area contributed by atoms with Gasteiger partial charge in [-0.3, -0.25) is 4.79 Å². The van der Waals surface area contributed by atoms with Gasteiger partial charge < -0.3 is 10.1 Å². The van der Waals surface area contributed by atoms with Crippen LogP contribution in [-0.2, 0) is 26.6 Å². The molecule has 0 bridgehead atoms. The lowest BCUT2D eigenvalue weighted by molar-refractivity contribution is 0.0950. The normalized spacial score (nSPS) is 15.0. The fourth-order valence-corrected chi connectivity index (χ4v) is 6.35. The Bertz CT molecular complexity index is 1220. The first-order valence-electron chi connectivity index (χ1n) is 10.6. The Balaban J connectivity index is 1.83. The largest absolute Gasteiger partial charge is 0.495 e. The molecule has 0 heterocycles. The molecule has 3 rings (SSSR count). The summed E-state index contributed by atoms with van der Waals surface area (Å²) in [7, 11) is -3.34. The summed E-state index contributed by atoms with van der Waals surface area (Å²) in [4.78, 5) is 12.8. The van der Waals surface area contributed by atoms with E-state index in [1.54, 1.807) is 18.2 Å². The van der Waals surface area contributed by atoms with E-state index in [-0.39, 0.29) is 33.7 Å². The lowest BCUT2D eigenvalue weighted by Gasteiger charge is -2.17. The fraction of sp³-hybridized carbons (Fsp3) is 0.409. The molecule has 9 nitrogen and oxygen atoms in total. The summed E-state index contributed by atoms with van der Waals surface area (Å²) in [5.41, 5.74) is 0.541. The summed E-state index contributed by atoms with van der Waals surface area (Å²) >= 11 is 0. The Kier molecular flexibility index (Phi) is 7.78. The van der Waals surface area contributed by atoms with Gasteiger partial charge in [-0.2, -0.15) is 0 Å². The van der Waals surface area contributed by atoms with Crippen molar-refractivity contribution in [1.82, 2.24) is 14.3 Å². The number of methoxy groups -OCH3 is 1. The van der Waals surface area contributed by atoms with Crippen LogP contribution in [0.5, 0.6) is 5.75 Å². The second kappa shape index (κ2) is 10.2. The van der Waals surface area contributed by atoms with Crippen molar-refractivity contribution < 1.29 is 26.4 Å². The highest BCUT2D eigenvalue weighted by Crippen LogP contribution is 2.27. The Labute approximate surface area is 195 Å². The van der Waals surface area contributed by atoms with Crippen molar-refractivity contribution in [2.24, 2.45) is 0 Å². The summed E-state index contributed by atoms with van der Waals surface area (Å²) in [6, 6.07) is 10.4. The van der Waals surface area contributed by atoms with Gasteiger partial charge >= 0.3 is 0 Å². The summed E-state index contributed by atoms with van der Waals surface area (Å²) < 4.78 is 60.0. The van der Waals surface area contributed by atoms with Crippen LogP contribution in [0.1, 0.15) is 41.6 Å².